The minimum absolute atomic E-state index is 0.116. The van der Waals surface area contributed by atoms with E-state index in [-0.39, 0.29) is 44.0 Å². The molecule has 0 bridgehead atoms. The highest BCUT2D eigenvalue weighted by atomic mass is 16.6. The third-order valence-corrected chi connectivity index (χ3v) is 8.71. The fourth-order valence-corrected chi connectivity index (χ4v) is 5.48. The summed E-state index contributed by atoms with van der Waals surface area (Å²) in [7, 11) is 0. The first-order chi connectivity index (χ1) is 27.0. The summed E-state index contributed by atoms with van der Waals surface area (Å²) in [5.41, 5.74) is 0. The van der Waals surface area contributed by atoms with Crippen LogP contribution in [0.4, 0.5) is 0 Å². The van der Waals surface area contributed by atoms with Crippen molar-refractivity contribution < 1.29 is 28.6 Å². The molecular weight excluding hydrogens is 685 g/mol. The summed E-state index contributed by atoms with van der Waals surface area (Å²) in [5.74, 6) is -1.04. The molecule has 6 heteroatoms. The van der Waals surface area contributed by atoms with Crippen molar-refractivity contribution >= 4 is 17.9 Å². The molecule has 0 aliphatic rings. The molecule has 0 aliphatic carbocycles. The van der Waals surface area contributed by atoms with Gasteiger partial charge >= 0.3 is 17.9 Å². The topological polar surface area (TPSA) is 78.9 Å². The molecule has 0 radical (unpaired) electrons. The number of allylic oxidation sites excluding steroid dienone is 16. The zero-order chi connectivity index (χ0) is 40.1. The molecule has 0 saturated carbocycles. The van der Waals surface area contributed by atoms with Crippen LogP contribution >= 0.6 is 0 Å². The van der Waals surface area contributed by atoms with E-state index in [0.717, 1.165) is 64.2 Å². The molecule has 55 heavy (non-hydrogen) atoms. The second kappa shape index (κ2) is 43.1. The quantitative estimate of drug-likeness (QED) is 0.0206. The van der Waals surface area contributed by atoms with E-state index >= 15 is 0 Å². The van der Waals surface area contributed by atoms with E-state index in [1.54, 1.807) is 0 Å². The van der Waals surface area contributed by atoms with Crippen molar-refractivity contribution in [1.29, 1.82) is 0 Å². The predicted octanol–water partition coefficient (Wildman–Crippen LogP) is 13.9. The Morgan fingerprint density at radius 1 is 0.400 bits per heavy atom. The molecule has 0 saturated heterocycles. The molecule has 0 fully saturated rings. The Labute approximate surface area is 337 Å². The summed E-state index contributed by atoms with van der Waals surface area (Å²) in [6.45, 7) is 6.24. The maximum atomic E-state index is 12.7. The van der Waals surface area contributed by atoms with Crippen LogP contribution < -0.4 is 0 Å². The molecule has 1 atom stereocenters. The van der Waals surface area contributed by atoms with Gasteiger partial charge in [0.2, 0.25) is 0 Å². The molecule has 0 aromatic heterocycles. The summed E-state index contributed by atoms with van der Waals surface area (Å²) < 4.78 is 16.6. The number of rotatable bonds is 37. The van der Waals surface area contributed by atoms with Crippen molar-refractivity contribution in [3.8, 4) is 0 Å². The molecule has 0 aromatic rings. The van der Waals surface area contributed by atoms with E-state index in [1.807, 2.05) is 54.7 Å². The smallest absolute Gasteiger partial charge is 0.306 e. The molecule has 6 nitrogen and oxygen atoms in total. The average molecular weight is 763 g/mol. The van der Waals surface area contributed by atoms with Crippen LogP contribution in [0.25, 0.3) is 0 Å². The third-order valence-electron chi connectivity index (χ3n) is 8.71. The first kappa shape index (κ1) is 51.3. The number of ether oxygens (including phenoxy) is 3. The highest BCUT2D eigenvalue weighted by molar-refractivity contribution is 5.71. The summed E-state index contributed by atoms with van der Waals surface area (Å²) in [6.07, 6.45) is 55.4. The first-order valence-electron chi connectivity index (χ1n) is 21.8. The molecule has 0 aliphatic heterocycles. The van der Waals surface area contributed by atoms with Gasteiger partial charge in [-0.3, -0.25) is 14.4 Å². The van der Waals surface area contributed by atoms with Crippen molar-refractivity contribution in [2.24, 2.45) is 0 Å². The minimum atomic E-state index is -0.822. The maximum Gasteiger partial charge on any atom is 0.306 e. The van der Waals surface area contributed by atoms with E-state index < -0.39 is 6.10 Å². The van der Waals surface area contributed by atoms with Gasteiger partial charge in [-0.25, -0.2) is 0 Å². The lowest BCUT2D eigenvalue weighted by Crippen LogP contribution is -2.30. The van der Waals surface area contributed by atoms with Gasteiger partial charge in [0.05, 0.1) is 0 Å². The molecule has 0 heterocycles. The van der Waals surface area contributed by atoms with Crippen LogP contribution in [0.2, 0.25) is 0 Å². The van der Waals surface area contributed by atoms with Gasteiger partial charge in [0, 0.05) is 19.3 Å². The lowest BCUT2D eigenvalue weighted by Gasteiger charge is -2.18. The van der Waals surface area contributed by atoms with Crippen molar-refractivity contribution in [1.82, 2.24) is 0 Å². The molecule has 0 aromatic carbocycles. The summed E-state index contributed by atoms with van der Waals surface area (Å²) in [5, 5.41) is 0. The summed E-state index contributed by atoms with van der Waals surface area (Å²) in [4.78, 5) is 37.6. The molecule has 0 rings (SSSR count). The second-order valence-electron chi connectivity index (χ2n) is 14.0. The van der Waals surface area contributed by atoms with E-state index in [0.29, 0.717) is 19.3 Å². The number of carbonyl (C=O) groups is 3. The number of hydrogen-bond donors (Lipinski definition) is 0. The van der Waals surface area contributed by atoms with Gasteiger partial charge < -0.3 is 14.2 Å². The standard InChI is InChI=1S/C49H78O6/c1-4-7-10-13-16-19-22-25-28-30-33-36-39-42-48(51)54-45-46(55-49(52)43-40-37-34-31-27-24-21-18-15-12-9-6-3)44-53-47(50)41-38-35-32-29-26-23-20-17-14-11-8-5-2/h7,9-10,12-13,16,18-19,21-22,25,27-28,30-31,33,46H,4-6,8,11,14-15,17,20,23-24,26,29,32,34-45H2,1-3H3/b10-7-,12-9-,16-13-,21-18-,22-19-,28-25-,31-27-,33-30-. The Hall–Kier alpha value is -3.67. The van der Waals surface area contributed by atoms with Gasteiger partial charge in [0.15, 0.2) is 6.10 Å². The molecule has 310 valence electrons. The number of carbonyl (C=O) groups excluding carboxylic acids is 3. The Balaban J connectivity index is 4.57. The van der Waals surface area contributed by atoms with Crippen LogP contribution in [0, 0.1) is 0 Å². The highest BCUT2D eigenvalue weighted by Gasteiger charge is 2.19. The zero-order valence-electron chi connectivity index (χ0n) is 35.1. The Morgan fingerprint density at radius 3 is 1.38 bits per heavy atom. The van der Waals surface area contributed by atoms with Gasteiger partial charge in [-0.1, -0.05) is 189 Å². The molecule has 1 unspecified atom stereocenters. The lowest BCUT2D eigenvalue weighted by atomic mass is 10.0. The summed E-state index contributed by atoms with van der Waals surface area (Å²) in [6, 6.07) is 0. The third kappa shape index (κ3) is 41.3. The van der Waals surface area contributed by atoms with Crippen LogP contribution in [-0.4, -0.2) is 37.2 Å². The van der Waals surface area contributed by atoms with Gasteiger partial charge in [0.1, 0.15) is 13.2 Å². The lowest BCUT2D eigenvalue weighted by molar-refractivity contribution is -0.167. The van der Waals surface area contributed by atoms with Crippen LogP contribution in [0.5, 0.6) is 0 Å². The first-order valence-corrected chi connectivity index (χ1v) is 21.8. The Morgan fingerprint density at radius 2 is 0.818 bits per heavy atom. The largest absolute Gasteiger partial charge is 0.462 e. The SMILES string of the molecule is CC\C=C/C=C\C=C/C=C\C=C/CCCC(=O)OCC(COC(=O)CCCCCCCCCCCCCC)OC(=O)CCCC/C=C\C/C=C\C/C=C\CC. The van der Waals surface area contributed by atoms with E-state index in [1.165, 1.54) is 57.8 Å². The maximum absolute atomic E-state index is 12.7. The van der Waals surface area contributed by atoms with Crippen LogP contribution in [0.1, 0.15) is 175 Å². The van der Waals surface area contributed by atoms with Crippen LogP contribution in [0.15, 0.2) is 97.2 Å². The second-order valence-corrected chi connectivity index (χ2v) is 14.0. The van der Waals surface area contributed by atoms with Gasteiger partial charge in [-0.2, -0.15) is 0 Å². The molecule has 0 spiro atoms. The van der Waals surface area contributed by atoms with Crippen molar-refractivity contribution in [2.75, 3.05) is 13.2 Å². The minimum Gasteiger partial charge on any atom is -0.462 e. The van der Waals surface area contributed by atoms with Gasteiger partial charge in [-0.15, -0.1) is 0 Å². The summed E-state index contributed by atoms with van der Waals surface area (Å²) >= 11 is 0. The van der Waals surface area contributed by atoms with Crippen molar-refractivity contribution in [2.45, 2.75) is 181 Å². The normalized spacial score (nSPS) is 13.0. The van der Waals surface area contributed by atoms with Gasteiger partial charge in [0.25, 0.3) is 0 Å². The van der Waals surface area contributed by atoms with E-state index in [9.17, 15) is 14.4 Å². The monoisotopic (exact) mass is 763 g/mol. The number of hydrogen-bond acceptors (Lipinski definition) is 6. The predicted molar refractivity (Wildman–Crippen MR) is 233 cm³/mol. The van der Waals surface area contributed by atoms with Crippen molar-refractivity contribution in [3.63, 3.8) is 0 Å². The fraction of sp³-hybridized carbons (Fsp3) is 0.612. The zero-order valence-corrected chi connectivity index (χ0v) is 35.1. The molecule has 0 amide bonds. The highest BCUT2D eigenvalue weighted by Crippen LogP contribution is 2.13. The fourth-order valence-electron chi connectivity index (χ4n) is 5.48. The Kier molecular flexibility index (Phi) is 40.2. The molecule has 0 N–H and O–H groups in total. The van der Waals surface area contributed by atoms with E-state index in [2.05, 4.69) is 63.3 Å². The van der Waals surface area contributed by atoms with Crippen LogP contribution in [-0.2, 0) is 28.6 Å². The Bertz CT molecular complexity index is 1150. The number of unbranched alkanes of at least 4 members (excludes halogenated alkanes) is 14. The van der Waals surface area contributed by atoms with Crippen LogP contribution in [0.3, 0.4) is 0 Å². The number of esters is 3. The average Bonchev–Trinajstić information content (AvgIpc) is 3.18. The van der Waals surface area contributed by atoms with Gasteiger partial charge in [-0.05, 0) is 64.2 Å². The van der Waals surface area contributed by atoms with E-state index in [4.69, 9.17) is 14.2 Å². The van der Waals surface area contributed by atoms with Crippen molar-refractivity contribution in [3.05, 3.63) is 97.2 Å². The molecular formula is C49H78O6.